The maximum absolute atomic E-state index is 12.2. The topological polar surface area (TPSA) is 109 Å². The molecule has 9 heteroatoms. The van der Waals surface area contributed by atoms with Crippen molar-refractivity contribution in [3.8, 4) is 11.5 Å². The normalized spacial score (nSPS) is 10.7. The highest BCUT2D eigenvalue weighted by molar-refractivity contribution is 7.71. The van der Waals surface area contributed by atoms with Crippen LogP contribution in [0.25, 0.3) is 11.5 Å². The molecule has 3 aromatic rings. The first kappa shape index (κ1) is 15.9. The number of aromatic amines is 2. The van der Waals surface area contributed by atoms with Gasteiger partial charge in [0.15, 0.2) is 10.6 Å². The van der Waals surface area contributed by atoms with Crippen LogP contribution in [0.4, 0.5) is 0 Å². The van der Waals surface area contributed by atoms with Crippen LogP contribution < -0.4 is 10.9 Å². The Hall–Kier alpha value is -2.94. The zero-order valence-corrected chi connectivity index (χ0v) is 13.6. The minimum Gasteiger partial charge on any atom is -0.463 e. The molecule has 1 amide bonds. The summed E-state index contributed by atoms with van der Waals surface area (Å²) in [6, 6.07) is 6.52. The first-order valence-electron chi connectivity index (χ1n) is 7.29. The van der Waals surface area contributed by atoms with Gasteiger partial charge in [-0.1, -0.05) is 0 Å². The number of carbonyl (C=O) groups is 1. The van der Waals surface area contributed by atoms with Crippen molar-refractivity contribution in [3.05, 3.63) is 57.0 Å². The average molecular weight is 345 g/mol. The number of pyridine rings is 1. The predicted molar refractivity (Wildman–Crippen MR) is 89.0 cm³/mol. The molecule has 0 saturated carbocycles. The molecule has 3 N–H and O–H groups in total. The number of carbonyl (C=O) groups excluding carboxylic acids is 1. The molecule has 24 heavy (non-hydrogen) atoms. The molecule has 0 aromatic carbocycles. The fourth-order valence-corrected chi connectivity index (χ4v) is 2.57. The number of nitrogens with one attached hydrogen (secondary N) is 3. The number of nitrogens with zero attached hydrogens (tertiary/aromatic N) is 2. The quantitative estimate of drug-likeness (QED) is 0.611. The van der Waals surface area contributed by atoms with Gasteiger partial charge in [0.05, 0.1) is 18.5 Å². The maximum atomic E-state index is 12.2. The lowest BCUT2D eigenvalue weighted by Crippen LogP contribution is -2.30. The summed E-state index contributed by atoms with van der Waals surface area (Å²) in [5, 5.41) is 9.39. The van der Waals surface area contributed by atoms with Crippen molar-refractivity contribution in [2.75, 3.05) is 0 Å². The van der Waals surface area contributed by atoms with E-state index in [0.29, 0.717) is 28.6 Å². The van der Waals surface area contributed by atoms with Gasteiger partial charge in [-0.25, -0.2) is 0 Å². The van der Waals surface area contributed by atoms with E-state index < -0.39 is 11.5 Å². The highest BCUT2D eigenvalue weighted by Crippen LogP contribution is 2.15. The second-order valence-corrected chi connectivity index (χ2v) is 5.35. The molecule has 0 aliphatic carbocycles. The Labute approximate surface area is 141 Å². The van der Waals surface area contributed by atoms with Crippen LogP contribution in [0.3, 0.4) is 0 Å². The minimum absolute atomic E-state index is 0.0162. The van der Waals surface area contributed by atoms with Crippen molar-refractivity contribution < 1.29 is 9.21 Å². The van der Waals surface area contributed by atoms with Gasteiger partial charge in [-0.2, -0.15) is 5.10 Å². The van der Waals surface area contributed by atoms with Gasteiger partial charge in [-0.3, -0.25) is 14.7 Å². The van der Waals surface area contributed by atoms with Gasteiger partial charge >= 0.3 is 0 Å². The summed E-state index contributed by atoms with van der Waals surface area (Å²) >= 11 is 5.09. The second kappa shape index (κ2) is 6.67. The fourth-order valence-electron chi connectivity index (χ4n) is 2.29. The zero-order chi connectivity index (χ0) is 17.1. The van der Waals surface area contributed by atoms with Crippen molar-refractivity contribution in [2.24, 2.45) is 0 Å². The van der Waals surface area contributed by atoms with Crippen molar-refractivity contribution in [1.82, 2.24) is 25.1 Å². The standard InChI is InChI=1S/C15H15N5O3S/c1-2-20-12(18-19-15(20)24)8-16-13(21)9-5-6-10(17-14(9)22)11-4-3-7-23-11/h3-7H,2,8H2,1H3,(H,16,21)(H,17,22)(H,19,24). The number of furan rings is 1. The molecular formula is C15H15N5O3S. The molecule has 0 spiro atoms. The van der Waals surface area contributed by atoms with E-state index in [1.54, 1.807) is 22.8 Å². The van der Waals surface area contributed by atoms with Gasteiger partial charge in [0, 0.05) is 6.54 Å². The number of H-pyrrole nitrogens is 2. The number of aromatic nitrogens is 4. The first-order valence-corrected chi connectivity index (χ1v) is 7.70. The van der Waals surface area contributed by atoms with Crippen LogP contribution in [0.2, 0.25) is 0 Å². The molecule has 0 fully saturated rings. The molecule has 124 valence electrons. The van der Waals surface area contributed by atoms with Crippen molar-refractivity contribution in [1.29, 1.82) is 0 Å². The highest BCUT2D eigenvalue weighted by atomic mass is 32.1. The monoisotopic (exact) mass is 345 g/mol. The van der Waals surface area contributed by atoms with Gasteiger partial charge in [-0.15, -0.1) is 0 Å². The Morgan fingerprint density at radius 2 is 2.25 bits per heavy atom. The summed E-state index contributed by atoms with van der Waals surface area (Å²) in [5.41, 5.74) is 0.0340. The zero-order valence-electron chi connectivity index (χ0n) is 12.8. The van der Waals surface area contributed by atoms with E-state index in [9.17, 15) is 9.59 Å². The minimum atomic E-state index is -0.490. The van der Waals surface area contributed by atoms with Crippen molar-refractivity contribution >= 4 is 18.1 Å². The molecule has 3 aromatic heterocycles. The molecular weight excluding hydrogens is 330 g/mol. The van der Waals surface area contributed by atoms with Gasteiger partial charge < -0.3 is 19.3 Å². The van der Waals surface area contributed by atoms with Crippen LogP contribution in [0, 0.1) is 4.77 Å². The van der Waals surface area contributed by atoms with Gasteiger partial charge in [0.25, 0.3) is 11.5 Å². The van der Waals surface area contributed by atoms with E-state index in [2.05, 4.69) is 20.5 Å². The summed E-state index contributed by atoms with van der Waals surface area (Å²) in [6.45, 7) is 2.73. The third kappa shape index (κ3) is 3.06. The SMILES string of the molecule is CCn1c(CNC(=O)c2ccc(-c3ccco3)[nH]c2=O)n[nH]c1=S. The molecule has 0 aliphatic rings. The predicted octanol–water partition coefficient (Wildman–Crippen LogP) is 1.84. The third-order valence-electron chi connectivity index (χ3n) is 3.50. The Morgan fingerprint density at radius 3 is 2.92 bits per heavy atom. The van der Waals surface area contributed by atoms with E-state index in [1.807, 2.05) is 6.92 Å². The van der Waals surface area contributed by atoms with Gasteiger partial charge in [0.1, 0.15) is 11.3 Å². The first-order chi connectivity index (χ1) is 11.6. The number of hydrogen-bond acceptors (Lipinski definition) is 5. The Bertz CT molecular complexity index is 968. The van der Waals surface area contributed by atoms with Crippen LogP contribution in [0.5, 0.6) is 0 Å². The molecule has 0 unspecified atom stereocenters. The Kier molecular flexibility index (Phi) is 4.43. The van der Waals surface area contributed by atoms with E-state index in [4.69, 9.17) is 16.6 Å². The number of rotatable bonds is 5. The van der Waals surface area contributed by atoms with Gasteiger partial charge in [0.2, 0.25) is 0 Å². The summed E-state index contributed by atoms with van der Waals surface area (Å²) < 4.78 is 7.47. The number of amides is 1. The van der Waals surface area contributed by atoms with E-state index in [0.717, 1.165) is 0 Å². The molecule has 3 rings (SSSR count). The van der Waals surface area contributed by atoms with Crippen LogP contribution >= 0.6 is 12.2 Å². The lowest BCUT2D eigenvalue weighted by atomic mass is 10.2. The Balaban J connectivity index is 1.76. The largest absolute Gasteiger partial charge is 0.463 e. The van der Waals surface area contributed by atoms with Crippen LogP contribution in [-0.2, 0) is 13.1 Å². The van der Waals surface area contributed by atoms with Crippen LogP contribution in [0.1, 0.15) is 23.1 Å². The highest BCUT2D eigenvalue weighted by Gasteiger charge is 2.13. The smallest absolute Gasteiger partial charge is 0.261 e. The number of hydrogen-bond donors (Lipinski definition) is 3. The van der Waals surface area contributed by atoms with Crippen LogP contribution in [-0.4, -0.2) is 25.7 Å². The van der Waals surface area contributed by atoms with Crippen LogP contribution in [0.15, 0.2) is 39.7 Å². The van der Waals surface area contributed by atoms with E-state index >= 15 is 0 Å². The van der Waals surface area contributed by atoms with Gasteiger partial charge in [-0.05, 0) is 43.4 Å². The van der Waals surface area contributed by atoms with Crippen molar-refractivity contribution in [2.45, 2.75) is 20.0 Å². The van der Waals surface area contributed by atoms with E-state index in [1.165, 1.54) is 12.3 Å². The summed E-state index contributed by atoms with van der Waals surface area (Å²) in [6.07, 6.45) is 1.51. The second-order valence-electron chi connectivity index (χ2n) is 4.96. The lowest BCUT2D eigenvalue weighted by molar-refractivity contribution is 0.0948. The molecule has 8 nitrogen and oxygen atoms in total. The molecule has 3 heterocycles. The third-order valence-corrected chi connectivity index (χ3v) is 3.81. The summed E-state index contributed by atoms with van der Waals surface area (Å²) in [4.78, 5) is 27.0. The van der Waals surface area contributed by atoms with E-state index in [-0.39, 0.29) is 12.1 Å². The average Bonchev–Trinajstić information content (AvgIpc) is 3.22. The molecule has 0 radical (unpaired) electrons. The lowest BCUT2D eigenvalue weighted by Gasteiger charge is -2.06. The molecule has 0 bridgehead atoms. The summed E-state index contributed by atoms with van der Waals surface area (Å²) in [7, 11) is 0. The molecule has 0 atom stereocenters. The fraction of sp³-hybridized carbons (Fsp3) is 0.200. The van der Waals surface area contributed by atoms with Crippen molar-refractivity contribution in [3.63, 3.8) is 0 Å². The molecule has 0 saturated heterocycles. The summed E-state index contributed by atoms with van der Waals surface area (Å²) in [5.74, 6) is 0.635. The maximum Gasteiger partial charge on any atom is 0.261 e. The Morgan fingerprint density at radius 1 is 1.42 bits per heavy atom. The molecule has 0 aliphatic heterocycles.